The number of ether oxygens (including phenoxy) is 3. The van der Waals surface area contributed by atoms with Gasteiger partial charge in [0.2, 0.25) is 0 Å². The third-order valence-corrected chi connectivity index (χ3v) is 13.5. The van der Waals surface area contributed by atoms with Gasteiger partial charge in [0.25, 0.3) is 0 Å². The van der Waals surface area contributed by atoms with E-state index in [-0.39, 0.29) is 31.1 Å². The van der Waals surface area contributed by atoms with Crippen molar-refractivity contribution in [1.29, 1.82) is 0 Å². The van der Waals surface area contributed by atoms with Crippen LogP contribution in [0, 0.1) is 0 Å². The highest BCUT2D eigenvalue weighted by Gasteiger charge is 2.19. The van der Waals surface area contributed by atoms with E-state index >= 15 is 0 Å². The van der Waals surface area contributed by atoms with Crippen molar-refractivity contribution in [1.82, 2.24) is 0 Å². The van der Waals surface area contributed by atoms with Gasteiger partial charge in [0.15, 0.2) is 6.10 Å². The molecular weight excluding hydrogens is 877 g/mol. The van der Waals surface area contributed by atoms with Crippen molar-refractivity contribution in [2.45, 2.75) is 322 Å². The largest absolute Gasteiger partial charge is 0.462 e. The standard InChI is InChI=1S/C65H116O6/c1-4-7-10-13-16-19-22-25-28-30-31-32-33-35-38-40-43-46-49-52-55-58-64(67)70-61-62(71-65(68)59-56-53-50-47-44-41-36-27-24-21-18-15-12-9-6-3)60-69-63(66)57-54-51-48-45-42-39-37-34-29-26-23-20-17-14-11-8-5-2/h17,20,25-29,36-37,39,62H,4-16,18-19,21-24,30-35,38,40-61H2,1-3H3/b20-17-,28-25-,29-26-,36-27-,39-37-/t62-/m1/s1. The van der Waals surface area contributed by atoms with E-state index < -0.39 is 6.10 Å². The van der Waals surface area contributed by atoms with Crippen LogP contribution in [0.5, 0.6) is 0 Å². The lowest BCUT2D eigenvalue weighted by molar-refractivity contribution is -0.167. The Morgan fingerprint density at radius 2 is 0.507 bits per heavy atom. The van der Waals surface area contributed by atoms with Crippen LogP contribution in [0.1, 0.15) is 316 Å². The first-order valence-corrected chi connectivity index (χ1v) is 30.8. The van der Waals surface area contributed by atoms with Crippen LogP contribution in [-0.4, -0.2) is 37.2 Å². The van der Waals surface area contributed by atoms with E-state index in [0.717, 1.165) is 96.3 Å². The first-order chi connectivity index (χ1) is 35.0. The van der Waals surface area contributed by atoms with Crippen LogP contribution in [0.15, 0.2) is 60.8 Å². The Hall–Kier alpha value is -2.89. The van der Waals surface area contributed by atoms with Crippen molar-refractivity contribution >= 4 is 17.9 Å². The van der Waals surface area contributed by atoms with Crippen molar-refractivity contribution in [3.8, 4) is 0 Å². The number of rotatable bonds is 56. The molecule has 71 heavy (non-hydrogen) atoms. The Morgan fingerprint density at radius 1 is 0.282 bits per heavy atom. The molecule has 0 rings (SSSR count). The average Bonchev–Trinajstić information content (AvgIpc) is 3.37. The lowest BCUT2D eigenvalue weighted by atomic mass is 10.0. The highest BCUT2D eigenvalue weighted by atomic mass is 16.6. The quantitative estimate of drug-likeness (QED) is 0.0261. The molecule has 1 atom stereocenters. The minimum absolute atomic E-state index is 0.0837. The summed E-state index contributed by atoms with van der Waals surface area (Å²) in [5.41, 5.74) is 0. The van der Waals surface area contributed by atoms with E-state index in [4.69, 9.17) is 14.2 Å². The van der Waals surface area contributed by atoms with E-state index in [9.17, 15) is 14.4 Å². The molecule has 0 aromatic carbocycles. The summed E-state index contributed by atoms with van der Waals surface area (Å²) < 4.78 is 16.9. The number of hydrogen-bond donors (Lipinski definition) is 0. The SMILES string of the molecule is CCCCC/C=C\C/C=C\C/C=C\CCCCCCC(=O)OC[C@H](COC(=O)CCCCCCCCCCCCC/C=C\CCCCCCCC)OC(=O)CCCCCCC/C=C\CCCCCCCC. The Kier molecular flexibility index (Phi) is 57.2. The molecule has 0 unspecified atom stereocenters. The van der Waals surface area contributed by atoms with Crippen molar-refractivity contribution in [3.63, 3.8) is 0 Å². The molecule has 6 heteroatoms. The molecule has 0 saturated carbocycles. The van der Waals surface area contributed by atoms with Crippen LogP contribution in [0.25, 0.3) is 0 Å². The summed E-state index contributed by atoms with van der Waals surface area (Å²) in [4.78, 5) is 38.2. The molecule has 6 nitrogen and oxygen atoms in total. The summed E-state index contributed by atoms with van der Waals surface area (Å²) >= 11 is 0. The molecule has 0 aromatic rings. The van der Waals surface area contributed by atoms with Crippen molar-refractivity contribution in [3.05, 3.63) is 60.8 Å². The lowest BCUT2D eigenvalue weighted by Gasteiger charge is -2.18. The second-order valence-corrected chi connectivity index (χ2v) is 20.6. The Balaban J connectivity index is 4.37. The fraction of sp³-hybridized carbons (Fsp3) is 0.800. The van der Waals surface area contributed by atoms with Crippen molar-refractivity contribution in [2.24, 2.45) is 0 Å². The van der Waals surface area contributed by atoms with Crippen LogP contribution in [-0.2, 0) is 28.6 Å². The monoisotopic (exact) mass is 993 g/mol. The lowest BCUT2D eigenvalue weighted by Crippen LogP contribution is -2.30. The normalized spacial score (nSPS) is 12.4. The molecule has 0 amide bonds. The summed E-state index contributed by atoms with van der Waals surface area (Å²) in [6.45, 7) is 6.61. The van der Waals surface area contributed by atoms with Crippen LogP contribution < -0.4 is 0 Å². The first kappa shape index (κ1) is 68.1. The predicted molar refractivity (Wildman–Crippen MR) is 307 cm³/mol. The fourth-order valence-electron chi connectivity index (χ4n) is 8.79. The molecule has 0 aliphatic heterocycles. The van der Waals surface area contributed by atoms with Gasteiger partial charge in [-0.2, -0.15) is 0 Å². The Bertz CT molecular complexity index is 1280. The molecule has 0 N–H and O–H groups in total. The molecule has 0 aliphatic rings. The molecule has 0 bridgehead atoms. The zero-order valence-electron chi connectivity index (χ0n) is 47.2. The van der Waals surface area contributed by atoms with Crippen LogP contribution in [0.2, 0.25) is 0 Å². The van der Waals surface area contributed by atoms with Gasteiger partial charge in [0.1, 0.15) is 13.2 Å². The summed E-state index contributed by atoms with van der Waals surface area (Å²) in [7, 11) is 0. The van der Waals surface area contributed by atoms with Crippen LogP contribution in [0.3, 0.4) is 0 Å². The van der Waals surface area contributed by atoms with Gasteiger partial charge < -0.3 is 14.2 Å². The number of esters is 3. The molecule has 0 radical (unpaired) electrons. The molecule has 0 spiro atoms. The highest BCUT2D eigenvalue weighted by molar-refractivity contribution is 5.71. The molecular formula is C65H116O6. The number of hydrogen-bond acceptors (Lipinski definition) is 6. The van der Waals surface area contributed by atoms with E-state index in [0.29, 0.717) is 19.3 Å². The van der Waals surface area contributed by atoms with E-state index in [1.165, 1.54) is 180 Å². The maximum atomic E-state index is 12.9. The van der Waals surface area contributed by atoms with Gasteiger partial charge in [0, 0.05) is 19.3 Å². The summed E-state index contributed by atoms with van der Waals surface area (Å²) in [5, 5.41) is 0. The number of allylic oxidation sites excluding steroid dienone is 10. The zero-order chi connectivity index (χ0) is 51.4. The Morgan fingerprint density at radius 3 is 0.831 bits per heavy atom. The highest BCUT2D eigenvalue weighted by Crippen LogP contribution is 2.16. The Labute approximate surface area is 440 Å². The maximum absolute atomic E-state index is 12.9. The van der Waals surface area contributed by atoms with Crippen molar-refractivity contribution < 1.29 is 28.6 Å². The van der Waals surface area contributed by atoms with Crippen molar-refractivity contribution in [2.75, 3.05) is 13.2 Å². The molecule has 0 fully saturated rings. The van der Waals surface area contributed by atoms with Crippen LogP contribution in [0.4, 0.5) is 0 Å². The van der Waals surface area contributed by atoms with E-state index in [1.54, 1.807) is 0 Å². The van der Waals surface area contributed by atoms with Gasteiger partial charge in [-0.25, -0.2) is 0 Å². The van der Waals surface area contributed by atoms with E-state index in [1.807, 2.05) is 0 Å². The first-order valence-electron chi connectivity index (χ1n) is 30.8. The molecule has 0 saturated heterocycles. The third-order valence-electron chi connectivity index (χ3n) is 13.5. The average molecular weight is 994 g/mol. The van der Waals surface area contributed by atoms with Gasteiger partial charge >= 0.3 is 17.9 Å². The molecule has 0 heterocycles. The summed E-state index contributed by atoms with van der Waals surface area (Å²) in [6.07, 6.45) is 75.0. The number of carbonyl (C=O) groups is 3. The molecule has 0 aromatic heterocycles. The second kappa shape index (κ2) is 59.7. The smallest absolute Gasteiger partial charge is 0.306 e. The fourth-order valence-corrected chi connectivity index (χ4v) is 8.79. The molecule has 412 valence electrons. The summed E-state index contributed by atoms with van der Waals surface area (Å²) in [5.74, 6) is -0.901. The topological polar surface area (TPSA) is 78.9 Å². The predicted octanol–water partition coefficient (Wildman–Crippen LogP) is 20.8. The minimum Gasteiger partial charge on any atom is -0.462 e. The zero-order valence-corrected chi connectivity index (χ0v) is 47.2. The van der Waals surface area contributed by atoms with E-state index in [2.05, 4.69) is 81.5 Å². The number of unbranched alkanes of at least 4 members (excludes halogenated alkanes) is 35. The van der Waals surface area contributed by atoms with Gasteiger partial charge in [-0.05, 0) is 109 Å². The van der Waals surface area contributed by atoms with Gasteiger partial charge in [-0.3, -0.25) is 14.4 Å². The minimum atomic E-state index is -0.788. The third kappa shape index (κ3) is 57.9. The maximum Gasteiger partial charge on any atom is 0.306 e. The van der Waals surface area contributed by atoms with Gasteiger partial charge in [-0.1, -0.05) is 248 Å². The van der Waals surface area contributed by atoms with Crippen LogP contribution >= 0.6 is 0 Å². The van der Waals surface area contributed by atoms with Gasteiger partial charge in [0.05, 0.1) is 0 Å². The number of carbonyl (C=O) groups excluding carboxylic acids is 3. The second-order valence-electron chi connectivity index (χ2n) is 20.6. The molecule has 0 aliphatic carbocycles. The van der Waals surface area contributed by atoms with Gasteiger partial charge in [-0.15, -0.1) is 0 Å². The summed E-state index contributed by atoms with van der Waals surface area (Å²) in [6, 6.07) is 0.